The van der Waals surface area contributed by atoms with E-state index in [0.717, 1.165) is 19.6 Å². The van der Waals surface area contributed by atoms with E-state index in [2.05, 4.69) is 108 Å². The molecule has 0 amide bonds. The Kier molecular flexibility index (Phi) is 7.01. The van der Waals surface area contributed by atoms with Gasteiger partial charge in [0.1, 0.15) is 0 Å². The van der Waals surface area contributed by atoms with E-state index >= 15 is 0 Å². The van der Waals surface area contributed by atoms with Crippen LogP contribution < -0.4 is 0 Å². The molecule has 0 aliphatic heterocycles. The van der Waals surface area contributed by atoms with Gasteiger partial charge in [0.15, 0.2) is 0 Å². The molecule has 1 heteroatoms. The highest BCUT2D eigenvalue weighted by Gasteiger charge is 2.02. The largest absolute Gasteiger partial charge is 0.292 e. The lowest BCUT2D eigenvalue weighted by atomic mass is 10.2. The molecule has 3 aromatic carbocycles. The topological polar surface area (TPSA) is 3.24 Å². The van der Waals surface area contributed by atoms with Gasteiger partial charge in [-0.3, -0.25) is 4.90 Å². The van der Waals surface area contributed by atoms with Crippen molar-refractivity contribution in [2.75, 3.05) is 13.1 Å². The van der Waals surface area contributed by atoms with Crippen molar-refractivity contribution in [2.24, 2.45) is 0 Å². The van der Waals surface area contributed by atoms with Crippen LogP contribution in [-0.2, 0) is 6.54 Å². The third-order valence-electron chi connectivity index (χ3n) is 4.20. The summed E-state index contributed by atoms with van der Waals surface area (Å²) >= 11 is 0. The summed E-state index contributed by atoms with van der Waals surface area (Å²) in [7, 11) is 0. The molecule has 0 heterocycles. The molecule has 0 bridgehead atoms. The molecule has 0 radical (unpaired) electrons. The van der Waals surface area contributed by atoms with Crippen molar-refractivity contribution in [1.29, 1.82) is 0 Å². The van der Waals surface area contributed by atoms with Gasteiger partial charge in [0.25, 0.3) is 0 Å². The molecule has 0 spiro atoms. The second kappa shape index (κ2) is 10.2. The van der Waals surface area contributed by atoms with Gasteiger partial charge in [-0.25, -0.2) is 0 Å². The third-order valence-corrected chi connectivity index (χ3v) is 4.20. The lowest BCUT2D eigenvalue weighted by Crippen LogP contribution is -2.23. The van der Waals surface area contributed by atoms with Gasteiger partial charge in [-0.15, -0.1) is 0 Å². The van der Waals surface area contributed by atoms with Crippen molar-refractivity contribution in [2.45, 2.75) is 6.54 Å². The van der Waals surface area contributed by atoms with Crippen LogP contribution in [-0.4, -0.2) is 18.0 Å². The summed E-state index contributed by atoms with van der Waals surface area (Å²) in [6.45, 7) is 2.78. The molecule has 3 rings (SSSR count). The number of hydrogen-bond acceptors (Lipinski definition) is 1. The van der Waals surface area contributed by atoms with Crippen LogP contribution >= 0.6 is 0 Å². The smallest absolute Gasteiger partial charge is 0.0240 e. The van der Waals surface area contributed by atoms with Crippen molar-refractivity contribution in [3.8, 4) is 0 Å². The first-order valence-electron chi connectivity index (χ1n) is 9.09. The number of hydrogen-bond donors (Lipinski definition) is 0. The van der Waals surface area contributed by atoms with Gasteiger partial charge in [-0.1, -0.05) is 115 Å². The number of rotatable bonds is 8. The van der Waals surface area contributed by atoms with Gasteiger partial charge in [-0.05, 0) is 16.7 Å². The molecule has 1 nitrogen and oxygen atoms in total. The van der Waals surface area contributed by atoms with Crippen LogP contribution in [0.3, 0.4) is 0 Å². The van der Waals surface area contributed by atoms with E-state index in [1.54, 1.807) is 0 Å². The standard InChI is InChI=1S/C25H25N/c1-4-12-23(13-5-1)18-10-20-26(22-25-16-8-3-9-17-25)21-11-19-24-14-6-2-7-15-24/h1-19H,20-22H2. The van der Waals surface area contributed by atoms with Crippen molar-refractivity contribution in [3.05, 3.63) is 120 Å². The first-order valence-corrected chi connectivity index (χ1v) is 9.09. The summed E-state index contributed by atoms with van der Waals surface area (Å²) in [4.78, 5) is 2.44. The maximum atomic E-state index is 2.44. The summed E-state index contributed by atoms with van der Waals surface area (Å²) in [5.74, 6) is 0. The lowest BCUT2D eigenvalue weighted by molar-refractivity contribution is 0.328. The Morgan fingerprint density at radius 3 is 1.42 bits per heavy atom. The van der Waals surface area contributed by atoms with Crippen molar-refractivity contribution < 1.29 is 0 Å². The molecule has 0 aromatic heterocycles. The van der Waals surface area contributed by atoms with Crippen molar-refractivity contribution in [3.63, 3.8) is 0 Å². The molecular formula is C25H25N. The van der Waals surface area contributed by atoms with Crippen LogP contribution in [0, 0.1) is 0 Å². The van der Waals surface area contributed by atoms with E-state index < -0.39 is 0 Å². The number of nitrogens with zero attached hydrogens (tertiary/aromatic N) is 1. The van der Waals surface area contributed by atoms with Crippen LogP contribution in [0.5, 0.6) is 0 Å². The Balaban J connectivity index is 1.63. The van der Waals surface area contributed by atoms with Gasteiger partial charge >= 0.3 is 0 Å². The van der Waals surface area contributed by atoms with E-state index in [1.807, 2.05) is 12.1 Å². The molecule has 0 aliphatic rings. The zero-order valence-electron chi connectivity index (χ0n) is 15.0. The maximum absolute atomic E-state index is 2.44. The first kappa shape index (κ1) is 17.9. The zero-order chi connectivity index (χ0) is 17.9. The SMILES string of the molecule is C(=Cc1ccccc1)CN(CC=Cc1ccccc1)Cc1ccccc1. The van der Waals surface area contributed by atoms with E-state index in [9.17, 15) is 0 Å². The van der Waals surface area contributed by atoms with E-state index in [4.69, 9.17) is 0 Å². The first-order chi connectivity index (χ1) is 12.9. The second-order valence-corrected chi connectivity index (χ2v) is 6.31. The molecular weight excluding hydrogens is 314 g/mol. The van der Waals surface area contributed by atoms with E-state index in [-0.39, 0.29) is 0 Å². The lowest BCUT2D eigenvalue weighted by Gasteiger charge is -2.19. The molecule has 130 valence electrons. The quantitative estimate of drug-likeness (QED) is 0.493. The summed E-state index contributed by atoms with van der Waals surface area (Å²) in [6.07, 6.45) is 8.88. The van der Waals surface area contributed by atoms with Crippen LogP contribution in [0.4, 0.5) is 0 Å². The highest BCUT2D eigenvalue weighted by molar-refractivity contribution is 5.49. The highest BCUT2D eigenvalue weighted by Crippen LogP contribution is 2.08. The summed E-state index contributed by atoms with van der Waals surface area (Å²) in [5.41, 5.74) is 3.83. The van der Waals surface area contributed by atoms with Crippen LogP contribution in [0.15, 0.2) is 103 Å². The predicted molar refractivity (Wildman–Crippen MR) is 113 cm³/mol. The molecule has 26 heavy (non-hydrogen) atoms. The molecule has 0 unspecified atom stereocenters. The average molecular weight is 339 g/mol. The van der Waals surface area contributed by atoms with Gasteiger partial charge < -0.3 is 0 Å². The fourth-order valence-corrected chi connectivity index (χ4v) is 2.85. The molecule has 0 saturated heterocycles. The third kappa shape index (κ3) is 6.19. The Labute approximate surface area is 156 Å². The maximum Gasteiger partial charge on any atom is 0.0240 e. The molecule has 0 N–H and O–H groups in total. The fourth-order valence-electron chi connectivity index (χ4n) is 2.85. The second-order valence-electron chi connectivity index (χ2n) is 6.31. The Bertz CT molecular complexity index is 753. The summed E-state index contributed by atoms with van der Waals surface area (Å²) < 4.78 is 0. The van der Waals surface area contributed by atoms with Crippen molar-refractivity contribution in [1.82, 2.24) is 4.90 Å². The Hall–Kier alpha value is -2.90. The minimum absolute atomic E-state index is 0.920. The average Bonchev–Trinajstić information content (AvgIpc) is 2.70. The fraction of sp³-hybridized carbons (Fsp3) is 0.120. The monoisotopic (exact) mass is 339 g/mol. The van der Waals surface area contributed by atoms with E-state index in [1.165, 1.54) is 16.7 Å². The van der Waals surface area contributed by atoms with Gasteiger partial charge in [0.2, 0.25) is 0 Å². The summed E-state index contributed by atoms with van der Waals surface area (Å²) in [5, 5.41) is 0. The van der Waals surface area contributed by atoms with Crippen LogP contribution in [0.1, 0.15) is 16.7 Å². The number of benzene rings is 3. The zero-order valence-corrected chi connectivity index (χ0v) is 15.0. The summed E-state index contributed by atoms with van der Waals surface area (Å²) in [6, 6.07) is 31.6. The van der Waals surface area contributed by atoms with Crippen LogP contribution in [0.2, 0.25) is 0 Å². The normalized spacial score (nSPS) is 11.6. The Morgan fingerprint density at radius 1 is 0.538 bits per heavy atom. The minimum atomic E-state index is 0.920. The van der Waals surface area contributed by atoms with Gasteiger partial charge in [0, 0.05) is 19.6 Å². The highest BCUT2D eigenvalue weighted by atomic mass is 15.1. The molecule has 0 aliphatic carbocycles. The Morgan fingerprint density at radius 2 is 0.962 bits per heavy atom. The molecule has 0 atom stereocenters. The molecule has 3 aromatic rings. The van der Waals surface area contributed by atoms with Crippen molar-refractivity contribution >= 4 is 12.2 Å². The van der Waals surface area contributed by atoms with E-state index in [0.29, 0.717) is 0 Å². The minimum Gasteiger partial charge on any atom is -0.292 e. The van der Waals surface area contributed by atoms with Crippen LogP contribution in [0.25, 0.3) is 12.2 Å². The van der Waals surface area contributed by atoms with Gasteiger partial charge in [-0.2, -0.15) is 0 Å². The molecule has 0 fully saturated rings. The predicted octanol–water partition coefficient (Wildman–Crippen LogP) is 5.92. The van der Waals surface area contributed by atoms with Gasteiger partial charge in [0.05, 0.1) is 0 Å². The molecule has 0 saturated carbocycles.